The van der Waals surface area contributed by atoms with Crippen molar-refractivity contribution in [3.8, 4) is 11.5 Å². The van der Waals surface area contributed by atoms with Crippen molar-refractivity contribution >= 4 is 0 Å². The SMILES string of the molecule is COc1ccccc1OCC(N)C(C)(C)C. The molecule has 1 atom stereocenters. The number of hydrogen-bond acceptors (Lipinski definition) is 3. The number of ether oxygens (including phenoxy) is 2. The first kappa shape index (κ1) is 12.8. The van der Waals surface area contributed by atoms with Gasteiger partial charge in [-0.25, -0.2) is 0 Å². The van der Waals surface area contributed by atoms with Gasteiger partial charge in [-0.15, -0.1) is 0 Å². The maximum atomic E-state index is 6.02. The van der Waals surface area contributed by atoms with Gasteiger partial charge in [0, 0.05) is 6.04 Å². The average molecular weight is 223 g/mol. The quantitative estimate of drug-likeness (QED) is 0.852. The minimum Gasteiger partial charge on any atom is -0.493 e. The normalized spacial score (nSPS) is 13.3. The van der Waals surface area contributed by atoms with E-state index in [9.17, 15) is 0 Å². The number of hydrogen-bond donors (Lipinski definition) is 1. The molecular formula is C13H21NO2. The molecule has 0 aliphatic rings. The molecule has 0 saturated heterocycles. The Hall–Kier alpha value is -1.22. The van der Waals surface area contributed by atoms with Gasteiger partial charge in [0.25, 0.3) is 0 Å². The van der Waals surface area contributed by atoms with Crippen LogP contribution in [-0.2, 0) is 0 Å². The van der Waals surface area contributed by atoms with E-state index >= 15 is 0 Å². The lowest BCUT2D eigenvalue weighted by atomic mass is 9.88. The van der Waals surface area contributed by atoms with E-state index < -0.39 is 0 Å². The van der Waals surface area contributed by atoms with Crippen LogP contribution in [0.4, 0.5) is 0 Å². The van der Waals surface area contributed by atoms with Crippen molar-refractivity contribution in [1.29, 1.82) is 0 Å². The molecule has 3 heteroatoms. The first-order valence-corrected chi connectivity index (χ1v) is 5.46. The summed E-state index contributed by atoms with van der Waals surface area (Å²) >= 11 is 0. The van der Waals surface area contributed by atoms with Gasteiger partial charge in [-0.3, -0.25) is 0 Å². The Morgan fingerprint density at radius 2 is 1.75 bits per heavy atom. The minimum absolute atomic E-state index is 0.00240. The molecule has 1 rings (SSSR count). The highest BCUT2D eigenvalue weighted by Crippen LogP contribution is 2.27. The third-order valence-electron chi connectivity index (χ3n) is 2.60. The van der Waals surface area contributed by atoms with Crippen LogP contribution in [0.25, 0.3) is 0 Å². The van der Waals surface area contributed by atoms with E-state index in [1.165, 1.54) is 0 Å². The lowest BCUT2D eigenvalue weighted by Crippen LogP contribution is -2.40. The molecule has 3 nitrogen and oxygen atoms in total. The lowest BCUT2D eigenvalue weighted by Gasteiger charge is -2.27. The Labute approximate surface area is 97.6 Å². The van der Waals surface area contributed by atoms with Crippen molar-refractivity contribution in [2.24, 2.45) is 11.1 Å². The Bertz CT molecular complexity index is 331. The average Bonchev–Trinajstić information content (AvgIpc) is 2.24. The van der Waals surface area contributed by atoms with E-state index in [1.807, 2.05) is 24.3 Å². The van der Waals surface area contributed by atoms with Gasteiger partial charge in [-0.2, -0.15) is 0 Å². The summed E-state index contributed by atoms with van der Waals surface area (Å²) in [7, 11) is 1.63. The second-order valence-electron chi connectivity index (χ2n) is 4.93. The molecule has 0 spiro atoms. The van der Waals surface area contributed by atoms with Crippen LogP contribution in [0.1, 0.15) is 20.8 Å². The van der Waals surface area contributed by atoms with Crippen molar-refractivity contribution in [3.05, 3.63) is 24.3 Å². The molecular weight excluding hydrogens is 202 g/mol. The first-order chi connectivity index (χ1) is 7.45. The van der Waals surface area contributed by atoms with Crippen LogP contribution in [0.5, 0.6) is 11.5 Å². The van der Waals surface area contributed by atoms with Gasteiger partial charge in [0.1, 0.15) is 6.61 Å². The third-order valence-corrected chi connectivity index (χ3v) is 2.60. The molecule has 0 amide bonds. The molecule has 0 aliphatic heterocycles. The highest BCUT2D eigenvalue weighted by atomic mass is 16.5. The third kappa shape index (κ3) is 3.42. The highest BCUT2D eigenvalue weighted by molar-refractivity contribution is 5.39. The van der Waals surface area contributed by atoms with Gasteiger partial charge >= 0.3 is 0 Å². The lowest BCUT2D eigenvalue weighted by molar-refractivity contribution is 0.200. The second-order valence-corrected chi connectivity index (χ2v) is 4.93. The molecule has 16 heavy (non-hydrogen) atoms. The fourth-order valence-electron chi connectivity index (χ4n) is 1.17. The van der Waals surface area contributed by atoms with Gasteiger partial charge < -0.3 is 15.2 Å². The van der Waals surface area contributed by atoms with E-state index in [4.69, 9.17) is 15.2 Å². The predicted molar refractivity (Wildman–Crippen MR) is 65.9 cm³/mol. The number of methoxy groups -OCH3 is 1. The van der Waals surface area contributed by atoms with Gasteiger partial charge in [0.15, 0.2) is 11.5 Å². The standard InChI is InChI=1S/C13H21NO2/c1-13(2,3)12(14)9-16-11-8-6-5-7-10(11)15-4/h5-8,12H,9,14H2,1-4H3. The summed E-state index contributed by atoms with van der Waals surface area (Å²) in [5.41, 5.74) is 6.07. The summed E-state index contributed by atoms with van der Waals surface area (Å²) in [5.74, 6) is 1.48. The van der Waals surface area contributed by atoms with E-state index in [-0.39, 0.29) is 11.5 Å². The van der Waals surface area contributed by atoms with Crippen molar-refractivity contribution in [3.63, 3.8) is 0 Å². The highest BCUT2D eigenvalue weighted by Gasteiger charge is 2.21. The van der Waals surface area contributed by atoms with E-state index in [1.54, 1.807) is 7.11 Å². The topological polar surface area (TPSA) is 44.5 Å². The molecule has 1 aromatic carbocycles. The van der Waals surface area contributed by atoms with Gasteiger partial charge in [0.05, 0.1) is 7.11 Å². The fourth-order valence-corrected chi connectivity index (χ4v) is 1.17. The molecule has 0 aromatic heterocycles. The maximum Gasteiger partial charge on any atom is 0.161 e. The number of para-hydroxylation sites is 2. The molecule has 1 unspecified atom stereocenters. The van der Waals surface area contributed by atoms with Crippen LogP contribution in [0, 0.1) is 5.41 Å². The Kier molecular flexibility index (Phi) is 4.19. The molecule has 0 heterocycles. The molecule has 0 radical (unpaired) electrons. The van der Waals surface area contributed by atoms with Crippen molar-refractivity contribution in [2.75, 3.05) is 13.7 Å². The number of benzene rings is 1. The van der Waals surface area contributed by atoms with Crippen molar-refractivity contribution in [1.82, 2.24) is 0 Å². The zero-order valence-corrected chi connectivity index (χ0v) is 10.5. The van der Waals surface area contributed by atoms with Gasteiger partial charge in [0.2, 0.25) is 0 Å². The molecule has 0 bridgehead atoms. The molecule has 90 valence electrons. The Morgan fingerprint density at radius 1 is 1.19 bits per heavy atom. The second kappa shape index (κ2) is 5.21. The van der Waals surface area contributed by atoms with E-state index in [2.05, 4.69) is 20.8 Å². The van der Waals surface area contributed by atoms with Crippen LogP contribution < -0.4 is 15.2 Å². The van der Waals surface area contributed by atoms with Crippen LogP contribution >= 0.6 is 0 Å². The van der Waals surface area contributed by atoms with E-state index in [0.29, 0.717) is 6.61 Å². The summed E-state index contributed by atoms with van der Waals surface area (Å²) in [6.45, 7) is 6.79. The van der Waals surface area contributed by atoms with Gasteiger partial charge in [-0.05, 0) is 17.5 Å². The Balaban J connectivity index is 2.61. The predicted octanol–water partition coefficient (Wildman–Crippen LogP) is 2.45. The largest absolute Gasteiger partial charge is 0.493 e. The van der Waals surface area contributed by atoms with Crippen molar-refractivity contribution in [2.45, 2.75) is 26.8 Å². The summed E-state index contributed by atoms with van der Waals surface area (Å²) in [6.07, 6.45) is 0. The van der Waals surface area contributed by atoms with Crippen LogP contribution in [0.15, 0.2) is 24.3 Å². The summed E-state index contributed by atoms with van der Waals surface area (Å²) in [6, 6.07) is 7.58. The fraction of sp³-hybridized carbons (Fsp3) is 0.538. The zero-order valence-electron chi connectivity index (χ0n) is 10.5. The summed E-state index contributed by atoms with van der Waals surface area (Å²) in [4.78, 5) is 0. The van der Waals surface area contributed by atoms with Gasteiger partial charge in [-0.1, -0.05) is 32.9 Å². The monoisotopic (exact) mass is 223 g/mol. The summed E-state index contributed by atoms with van der Waals surface area (Å²) < 4.78 is 10.9. The van der Waals surface area contributed by atoms with Crippen molar-refractivity contribution < 1.29 is 9.47 Å². The maximum absolute atomic E-state index is 6.02. The number of nitrogens with two attached hydrogens (primary N) is 1. The molecule has 0 aliphatic carbocycles. The smallest absolute Gasteiger partial charge is 0.161 e. The van der Waals surface area contributed by atoms with Crippen LogP contribution in [-0.4, -0.2) is 19.8 Å². The summed E-state index contributed by atoms with van der Waals surface area (Å²) in [5, 5.41) is 0. The zero-order chi connectivity index (χ0) is 12.2. The molecule has 0 saturated carbocycles. The van der Waals surface area contributed by atoms with Crippen LogP contribution in [0.2, 0.25) is 0 Å². The number of rotatable bonds is 4. The van der Waals surface area contributed by atoms with Crippen LogP contribution in [0.3, 0.4) is 0 Å². The molecule has 2 N–H and O–H groups in total. The molecule has 1 aromatic rings. The molecule has 0 fully saturated rings. The minimum atomic E-state index is -0.00240. The van der Waals surface area contributed by atoms with E-state index in [0.717, 1.165) is 11.5 Å². The first-order valence-electron chi connectivity index (χ1n) is 5.46. The Morgan fingerprint density at radius 3 is 2.25 bits per heavy atom.